The molecule has 0 saturated heterocycles. The lowest BCUT2D eigenvalue weighted by molar-refractivity contribution is -0.116. The lowest BCUT2D eigenvalue weighted by Gasteiger charge is -2.11. The van der Waals surface area contributed by atoms with Crippen molar-refractivity contribution < 1.29 is 9.18 Å². The molecule has 0 aliphatic carbocycles. The van der Waals surface area contributed by atoms with Gasteiger partial charge in [0.25, 0.3) is 0 Å². The molecular formula is C14H21FN2O. The van der Waals surface area contributed by atoms with Gasteiger partial charge < -0.3 is 11.1 Å². The highest BCUT2D eigenvalue weighted by Crippen LogP contribution is 2.24. The zero-order valence-electron chi connectivity index (χ0n) is 11.1. The number of benzene rings is 1. The Kier molecular flexibility index (Phi) is 5.62. The van der Waals surface area contributed by atoms with Crippen LogP contribution in [0, 0.1) is 12.7 Å². The van der Waals surface area contributed by atoms with Gasteiger partial charge in [0.1, 0.15) is 5.82 Å². The molecule has 0 spiro atoms. The second-order valence-corrected chi connectivity index (χ2v) is 4.50. The van der Waals surface area contributed by atoms with Crippen LogP contribution in [0.25, 0.3) is 0 Å². The summed E-state index contributed by atoms with van der Waals surface area (Å²) in [5, 5.41) is 2.60. The van der Waals surface area contributed by atoms with E-state index in [1.165, 1.54) is 12.1 Å². The minimum Gasteiger partial charge on any atom is -0.398 e. The van der Waals surface area contributed by atoms with Crippen molar-refractivity contribution in [3.8, 4) is 0 Å². The third kappa shape index (κ3) is 4.02. The molecule has 0 aromatic heterocycles. The van der Waals surface area contributed by atoms with E-state index in [4.69, 9.17) is 5.73 Å². The molecule has 0 heterocycles. The van der Waals surface area contributed by atoms with Gasteiger partial charge in [-0.2, -0.15) is 0 Å². The summed E-state index contributed by atoms with van der Waals surface area (Å²) in [6.45, 7) is 3.82. The summed E-state index contributed by atoms with van der Waals surface area (Å²) >= 11 is 0. The van der Waals surface area contributed by atoms with E-state index in [0.29, 0.717) is 17.7 Å². The SMILES string of the molecule is CCCCCCC(=O)Nc1c(F)ccc(N)c1C. The fourth-order valence-electron chi connectivity index (χ4n) is 1.76. The lowest BCUT2D eigenvalue weighted by atomic mass is 10.1. The molecule has 4 heteroatoms. The molecule has 0 radical (unpaired) electrons. The second kappa shape index (κ2) is 6.99. The van der Waals surface area contributed by atoms with Crippen molar-refractivity contribution in [2.75, 3.05) is 11.1 Å². The maximum Gasteiger partial charge on any atom is 0.224 e. The van der Waals surface area contributed by atoms with Gasteiger partial charge >= 0.3 is 0 Å². The van der Waals surface area contributed by atoms with Gasteiger partial charge in [0.2, 0.25) is 5.91 Å². The molecule has 0 unspecified atom stereocenters. The van der Waals surface area contributed by atoms with Crippen LogP contribution < -0.4 is 11.1 Å². The fraction of sp³-hybridized carbons (Fsp3) is 0.500. The third-order valence-electron chi connectivity index (χ3n) is 2.98. The quantitative estimate of drug-likeness (QED) is 0.600. The fourth-order valence-corrected chi connectivity index (χ4v) is 1.76. The number of nitrogens with two attached hydrogens (primary N) is 1. The molecule has 0 fully saturated rings. The molecule has 0 atom stereocenters. The zero-order valence-corrected chi connectivity index (χ0v) is 11.1. The highest BCUT2D eigenvalue weighted by Gasteiger charge is 2.11. The van der Waals surface area contributed by atoms with Gasteiger partial charge in [-0.1, -0.05) is 26.2 Å². The largest absolute Gasteiger partial charge is 0.398 e. The number of carbonyl (C=O) groups excluding carboxylic acids is 1. The second-order valence-electron chi connectivity index (χ2n) is 4.50. The first kappa shape index (κ1) is 14.5. The molecule has 100 valence electrons. The van der Waals surface area contributed by atoms with Crippen LogP contribution in [0.2, 0.25) is 0 Å². The van der Waals surface area contributed by atoms with E-state index in [9.17, 15) is 9.18 Å². The molecule has 1 rings (SSSR count). The Morgan fingerprint density at radius 2 is 2.06 bits per heavy atom. The molecule has 18 heavy (non-hydrogen) atoms. The molecular weight excluding hydrogens is 231 g/mol. The third-order valence-corrected chi connectivity index (χ3v) is 2.98. The van der Waals surface area contributed by atoms with Crippen LogP contribution in [0.4, 0.5) is 15.8 Å². The van der Waals surface area contributed by atoms with Gasteiger partial charge in [-0.05, 0) is 31.0 Å². The van der Waals surface area contributed by atoms with Crippen molar-refractivity contribution in [2.24, 2.45) is 0 Å². The van der Waals surface area contributed by atoms with E-state index < -0.39 is 5.82 Å². The van der Waals surface area contributed by atoms with Crippen LogP contribution in [0.3, 0.4) is 0 Å². The number of hydrogen-bond donors (Lipinski definition) is 2. The first-order valence-corrected chi connectivity index (χ1v) is 6.40. The first-order valence-electron chi connectivity index (χ1n) is 6.40. The number of rotatable bonds is 6. The minimum absolute atomic E-state index is 0.154. The summed E-state index contributed by atoms with van der Waals surface area (Å²) in [5.41, 5.74) is 6.96. The number of unbranched alkanes of at least 4 members (excludes halogenated alkanes) is 3. The monoisotopic (exact) mass is 252 g/mol. The Balaban J connectivity index is 2.57. The van der Waals surface area contributed by atoms with Crippen molar-refractivity contribution in [3.05, 3.63) is 23.5 Å². The van der Waals surface area contributed by atoms with Crippen molar-refractivity contribution in [1.29, 1.82) is 0 Å². The summed E-state index contributed by atoms with van der Waals surface area (Å²) < 4.78 is 13.6. The Morgan fingerprint density at radius 1 is 1.33 bits per heavy atom. The van der Waals surface area contributed by atoms with E-state index in [1.807, 2.05) is 0 Å². The lowest BCUT2D eigenvalue weighted by Crippen LogP contribution is -2.14. The highest BCUT2D eigenvalue weighted by atomic mass is 19.1. The number of anilines is 2. The van der Waals surface area contributed by atoms with Gasteiger partial charge in [0, 0.05) is 12.1 Å². The summed E-state index contributed by atoms with van der Waals surface area (Å²) in [6.07, 6.45) is 4.54. The molecule has 0 bridgehead atoms. The van der Waals surface area contributed by atoms with E-state index in [0.717, 1.165) is 25.7 Å². The summed E-state index contributed by atoms with van der Waals surface area (Å²) in [5.74, 6) is -0.595. The molecule has 0 saturated carbocycles. The molecule has 1 aromatic carbocycles. The topological polar surface area (TPSA) is 55.1 Å². The predicted molar refractivity (Wildman–Crippen MR) is 72.9 cm³/mol. The first-order chi connectivity index (χ1) is 8.56. The molecule has 0 aliphatic heterocycles. The summed E-state index contributed by atoms with van der Waals surface area (Å²) in [4.78, 5) is 11.7. The Bertz CT molecular complexity index is 419. The van der Waals surface area contributed by atoms with Crippen molar-refractivity contribution in [2.45, 2.75) is 46.0 Å². The Labute approximate surface area is 108 Å². The van der Waals surface area contributed by atoms with Crippen LogP contribution in [-0.4, -0.2) is 5.91 Å². The van der Waals surface area contributed by atoms with Gasteiger partial charge in [-0.15, -0.1) is 0 Å². The normalized spacial score (nSPS) is 10.4. The summed E-state index contributed by atoms with van der Waals surface area (Å²) in [7, 11) is 0. The smallest absolute Gasteiger partial charge is 0.224 e. The molecule has 0 aliphatic rings. The van der Waals surface area contributed by atoms with E-state index in [1.54, 1.807) is 6.92 Å². The molecule has 1 aromatic rings. The van der Waals surface area contributed by atoms with Crippen molar-refractivity contribution in [1.82, 2.24) is 0 Å². The zero-order chi connectivity index (χ0) is 13.5. The van der Waals surface area contributed by atoms with Crippen molar-refractivity contribution in [3.63, 3.8) is 0 Å². The van der Waals surface area contributed by atoms with Gasteiger partial charge in [-0.3, -0.25) is 4.79 Å². The number of hydrogen-bond acceptors (Lipinski definition) is 2. The van der Waals surface area contributed by atoms with E-state index in [-0.39, 0.29) is 11.6 Å². The van der Waals surface area contributed by atoms with Gasteiger partial charge in [0.15, 0.2) is 0 Å². The van der Waals surface area contributed by atoms with Crippen LogP contribution in [0.5, 0.6) is 0 Å². The highest BCUT2D eigenvalue weighted by molar-refractivity contribution is 5.92. The maximum absolute atomic E-state index is 13.6. The van der Waals surface area contributed by atoms with Gasteiger partial charge in [0.05, 0.1) is 5.69 Å². The van der Waals surface area contributed by atoms with E-state index >= 15 is 0 Å². The molecule has 3 N–H and O–H groups in total. The Hall–Kier alpha value is -1.58. The predicted octanol–water partition coefficient (Wildman–Crippen LogP) is 3.63. The van der Waals surface area contributed by atoms with Crippen LogP contribution in [0.1, 0.15) is 44.6 Å². The molecule has 1 amide bonds. The van der Waals surface area contributed by atoms with Crippen LogP contribution >= 0.6 is 0 Å². The average molecular weight is 252 g/mol. The average Bonchev–Trinajstić information content (AvgIpc) is 2.35. The number of nitrogen functional groups attached to an aromatic ring is 1. The van der Waals surface area contributed by atoms with Gasteiger partial charge in [-0.25, -0.2) is 4.39 Å². The standard InChI is InChI=1S/C14H21FN2O/c1-3-4-5-6-7-13(18)17-14-10(2)12(16)9-8-11(14)15/h8-9H,3-7,16H2,1-2H3,(H,17,18). The number of carbonyl (C=O) groups is 1. The summed E-state index contributed by atoms with van der Waals surface area (Å²) in [6, 6.07) is 2.77. The number of halogens is 1. The van der Waals surface area contributed by atoms with E-state index in [2.05, 4.69) is 12.2 Å². The number of nitrogens with one attached hydrogen (secondary N) is 1. The Morgan fingerprint density at radius 3 is 2.72 bits per heavy atom. The maximum atomic E-state index is 13.6. The molecule has 3 nitrogen and oxygen atoms in total. The van der Waals surface area contributed by atoms with Crippen LogP contribution in [-0.2, 0) is 4.79 Å². The minimum atomic E-state index is -0.441. The number of amides is 1. The van der Waals surface area contributed by atoms with Crippen molar-refractivity contribution >= 4 is 17.3 Å². The van der Waals surface area contributed by atoms with Crippen LogP contribution in [0.15, 0.2) is 12.1 Å².